The van der Waals surface area contributed by atoms with Crippen LogP contribution in [0.5, 0.6) is 0 Å². The Morgan fingerprint density at radius 3 is 2.50 bits per heavy atom. The van der Waals surface area contributed by atoms with E-state index in [4.69, 9.17) is 5.73 Å². The molecule has 0 fully saturated rings. The zero-order chi connectivity index (χ0) is 10.4. The van der Waals surface area contributed by atoms with Crippen molar-refractivity contribution in [1.82, 2.24) is 0 Å². The molecule has 0 saturated heterocycles. The Morgan fingerprint density at radius 2 is 2.00 bits per heavy atom. The van der Waals surface area contributed by atoms with Crippen molar-refractivity contribution in [1.29, 1.82) is 0 Å². The Morgan fingerprint density at radius 1 is 1.36 bits per heavy atom. The second-order valence-corrected chi connectivity index (χ2v) is 4.33. The van der Waals surface area contributed by atoms with E-state index in [1.165, 1.54) is 0 Å². The molecule has 1 aromatic rings. The normalized spacial score (nSPS) is 15.1. The molecule has 0 aromatic heterocycles. The fourth-order valence-electron chi connectivity index (χ4n) is 1.38. The van der Waals surface area contributed by atoms with Gasteiger partial charge in [0.2, 0.25) is 0 Å². The summed E-state index contributed by atoms with van der Waals surface area (Å²) in [7, 11) is 0. The van der Waals surface area contributed by atoms with E-state index < -0.39 is 5.60 Å². The Balaban J connectivity index is 2.79. The molecular weight excluding hydrogens is 194 g/mol. The molecule has 0 spiro atoms. The van der Waals surface area contributed by atoms with Gasteiger partial charge in [0.15, 0.2) is 0 Å². The van der Waals surface area contributed by atoms with Crippen LogP contribution in [0, 0.1) is 0 Å². The van der Waals surface area contributed by atoms with Gasteiger partial charge in [0.1, 0.15) is 5.60 Å². The molecule has 1 rings (SSSR count). The van der Waals surface area contributed by atoms with Gasteiger partial charge < -0.3 is 10.8 Å². The topological polar surface area (TPSA) is 46.2 Å². The van der Waals surface area contributed by atoms with Crippen molar-refractivity contribution in [2.75, 3.05) is 18.6 Å². The summed E-state index contributed by atoms with van der Waals surface area (Å²) >= 11 is 1.72. The Hall–Kier alpha value is -0.510. The monoisotopic (exact) mass is 211 g/mol. The predicted octanol–water partition coefficient (Wildman–Crippen LogP) is 1.59. The average Bonchev–Trinajstić information content (AvgIpc) is 2.27. The molecule has 2 nitrogen and oxygen atoms in total. The average molecular weight is 211 g/mol. The molecule has 0 saturated carbocycles. The van der Waals surface area contributed by atoms with Crippen molar-refractivity contribution in [3.63, 3.8) is 0 Å². The number of rotatable bonds is 5. The molecule has 78 valence electrons. The summed E-state index contributed by atoms with van der Waals surface area (Å²) in [5, 5.41) is 10.3. The first kappa shape index (κ1) is 11.6. The van der Waals surface area contributed by atoms with Gasteiger partial charge in [0.05, 0.1) is 0 Å². The van der Waals surface area contributed by atoms with Crippen LogP contribution < -0.4 is 5.73 Å². The van der Waals surface area contributed by atoms with E-state index in [0.717, 1.165) is 11.3 Å². The minimum absolute atomic E-state index is 0.275. The van der Waals surface area contributed by atoms with Crippen LogP contribution in [0.15, 0.2) is 30.3 Å². The third-order valence-electron chi connectivity index (χ3n) is 2.37. The number of benzene rings is 1. The lowest BCUT2D eigenvalue weighted by atomic mass is 9.91. The maximum Gasteiger partial charge on any atom is 0.103 e. The summed E-state index contributed by atoms with van der Waals surface area (Å²) in [6, 6.07) is 9.64. The van der Waals surface area contributed by atoms with Crippen molar-refractivity contribution in [3.8, 4) is 0 Å². The smallest absolute Gasteiger partial charge is 0.103 e. The van der Waals surface area contributed by atoms with Crippen molar-refractivity contribution < 1.29 is 5.11 Å². The van der Waals surface area contributed by atoms with Crippen molar-refractivity contribution in [2.45, 2.75) is 12.0 Å². The van der Waals surface area contributed by atoms with Crippen LogP contribution in [-0.4, -0.2) is 23.7 Å². The summed E-state index contributed by atoms with van der Waals surface area (Å²) in [4.78, 5) is 0. The fourth-order valence-corrected chi connectivity index (χ4v) is 1.93. The second-order valence-electron chi connectivity index (χ2n) is 3.34. The van der Waals surface area contributed by atoms with Crippen LogP contribution in [0.1, 0.15) is 12.0 Å². The number of aliphatic hydroxyl groups is 1. The molecule has 0 heterocycles. The minimum Gasteiger partial charge on any atom is -0.384 e. The Bertz CT molecular complexity index is 265. The van der Waals surface area contributed by atoms with E-state index in [1.807, 2.05) is 36.6 Å². The van der Waals surface area contributed by atoms with E-state index in [0.29, 0.717) is 6.42 Å². The first-order valence-electron chi connectivity index (χ1n) is 4.70. The standard InChI is InChI=1S/C11H17NOS/c1-14-8-7-11(13,9-12)10-5-3-2-4-6-10/h2-6,13H,7-9,12H2,1H3. The van der Waals surface area contributed by atoms with Gasteiger partial charge in [-0.15, -0.1) is 0 Å². The molecule has 0 amide bonds. The molecule has 1 atom stereocenters. The van der Waals surface area contributed by atoms with E-state index in [1.54, 1.807) is 11.8 Å². The summed E-state index contributed by atoms with van der Waals surface area (Å²) in [5.41, 5.74) is 5.68. The molecule has 0 aliphatic carbocycles. The van der Waals surface area contributed by atoms with Crippen molar-refractivity contribution in [2.24, 2.45) is 5.73 Å². The Labute approximate surface area is 89.5 Å². The zero-order valence-electron chi connectivity index (χ0n) is 8.44. The first-order valence-corrected chi connectivity index (χ1v) is 6.09. The van der Waals surface area contributed by atoms with Gasteiger partial charge in [-0.05, 0) is 24.0 Å². The minimum atomic E-state index is -0.857. The van der Waals surface area contributed by atoms with Crippen molar-refractivity contribution in [3.05, 3.63) is 35.9 Å². The molecule has 0 aliphatic heterocycles. The van der Waals surface area contributed by atoms with Crippen LogP contribution in [0.4, 0.5) is 0 Å². The van der Waals surface area contributed by atoms with Gasteiger partial charge in [0.25, 0.3) is 0 Å². The highest BCUT2D eigenvalue weighted by Crippen LogP contribution is 2.24. The van der Waals surface area contributed by atoms with Crippen molar-refractivity contribution >= 4 is 11.8 Å². The lowest BCUT2D eigenvalue weighted by Crippen LogP contribution is -2.35. The first-order chi connectivity index (χ1) is 6.73. The van der Waals surface area contributed by atoms with Gasteiger partial charge in [-0.25, -0.2) is 0 Å². The molecule has 14 heavy (non-hydrogen) atoms. The molecule has 3 heteroatoms. The summed E-state index contributed by atoms with van der Waals surface area (Å²) in [5.74, 6) is 0.919. The molecule has 1 unspecified atom stereocenters. The third kappa shape index (κ3) is 2.74. The van der Waals surface area contributed by atoms with Crippen LogP contribution in [0.3, 0.4) is 0 Å². The van der Waals surface area contributed by atoms with E-state index in [-0.39, 0.29) is 6.54 Å². The van der Waals surface area contributed by atoms with Gasteiger partial charge in [0, 0.05) is 6.54 Å². The highest BCUT2D eigenvalue weighted by atomic mass is 32.2. The second kappa shape index (κ2) is 5.39. The van der Waals surface area contributed by atoms with Crippen LogP contribution >= 0.6 is 11.8 Å². The molecule has 1 aromatic carbocycles. The predicted molar refractivity (Wildman–Crippen MR) is 62.4 cm³/mol. The number of hydrogen-bond donors (Lipinski definition) is 2. The highest BCUT2D eigenvalue weighted by Gasteiger charge is 2.26. The van der Waals surface area contributed by atoms with Gasteiger partial charge in [-0.2, -0.15) is 11.8 Å². The largest absolute Gasteiger partial charge is 0.384 e. The SMILES string of the molecule is CSCCC(O)(CN)c1ccccc1. The number of hydrogen-bond acceptors (Lipinski definition) is 3. The maximum absolute atomic E-state index is 10.3. The van der Waals surface area contributed by atoms with Crippen LogP contribution in [0.2, 0.25) is 0 Å². The molecular formula is C11H17NOS. The van der Waals surface area contributed by atoms with E-state index in [9.17, 15) is 5.11 Å². The van der Waals surface area contributed by atoms with Crippen LogP contribution in [-0.2, 0) is 5.60 Å². The summed E-state index contributed by atoms with van der Waals surface area (Å²) in [6.07, 6.45) is 2.73. The molecule has 0 radical (unpaired) electrons. The molecule has 0 bridgehead atoms. The molecule has 3 N–H and O–H groups in total. The number of thioether (sulfide) groups is 1. The van der Waals surface area contributed by atoms with Gasteiger partial charge in [-0.3, -0.25) is 0 Å². The van der Waals surface area contributed by atoms with E-state index in [2.05, 4.69) is 0 Å². The lowest BCUT2D eigenvalue weighted by Gasteiger charge is -2.26. The van der Waals surface area contributed by atoms with E-state index >= 15 is 0 Å². The number of nitrogens with two attached hydrogens (primary N) is 1. The third-order valence-corrected chi connectivity index (χ3v) is 2.98. The van der Waals surface area contributed by atoms with Crippen LogP contribution in [0.25, 0.3) is 0 Å². The summed E-state index contributed by atoms with van der Waals surface area (Å²) < 4.78 is 0. The quantitative estimate of drug-likeness (QED) is 0.777. The lowest BCUT2D eigenvalue weighted by molar-refractivity contribution is 0.0431. The zero-order valence-corrected chi connectivity index (χ0v) is 9.26. The highest BCUT2D eigenvalue weighted by molar-refractivity contribution is 7.98. The Kier molecular flexibility index (Phi) is 4.45. The maximum atomic E-state index is 10.3. The van der Waals surface area contributed by atoms with Gasteiger partial charge >= 0.3 is 0 Å². The van der Waals surface area contributed by atoms with Gasteiger partial charge in [-0.1, -0.05) is 30.3 Å². The molecule has 0 aliphatic rings. The fraction of sp³-hybridized carbons (Fsp3) is 0.455. The summed E-state index contributed by atoms with van der Waals surface area (Å²) in [6.45, 7) is 0.275.